The number of alkyl halides is 1. The fraction of sp³-hybridized carbons (Fsp3) is 0.381. The van der Waals surface area contributed by atoms with Gasteiger partial charge in [0, 0.05) is 17.0 Å². The summed E-state index contributed by atoms with van der Waals surface area (Å²) in [6.45, 7) is 1.87. The quantitative estimate of drug-likeness (QED) is 0.764. The first-order chi connectivity index (χ1) is 13.4. The molecular weight excluding hydrogens is 387 g/mol. The lowest BCUT2D eigenvalue weighted by atomic mass is 9.93. The van der Waals surface area contributed by atoms with Gasteiger partial charge in [-0.25, -0.2) is 4.39 Å². The van der Waals surface area contributed by atoms with Crippen LogP contribution < -0.4 is 4.74 Å². The number of hydrogen-bond acceptors (Lipinski definition) is 5. The van der Waals surface area contributed by atoms with Gasteiger partial charge in [0.15, 0.2) is 12.0 Å². The summed E-state index contributed by atoms with van der Waals surface area (Å²) in [7, 11) is 0. The molecular formula is C21H22ClFO5. The molecule has 0 aliphatic carbocycles. The monoisotopic (exact) mass is 408 g/mol. The average molecular weight is 409 g/mol. The molecule has 1 saturated heterocycles. The number of aliphatic hydroxyl groups is 2. The summed E-state index contributed by atoms with van der Waals surface area (Å²) in [6, 6.07) is 11.5. The van der Waals surface area contributed by atoms with Crippen molar-refractivity contribution in [3.05, 3.63) is 64.2 Å². The van der Waals surface area contributed by atoms with E-state index in [0.717, 1.165) is 0 Å². The Morgan fingerprint density at radius 1 is 1.29 bits per heavy atom. The van der Waals surface area contributed by atoms with E-state index in [-0.39, 0.29) is 17.0 Å². The number of benzene rings is 2. The molecule has 150 valence electrons. The Morgan fingerprint density at radius 2 is 2.00 bits per heavy atom. The normalized spacial score (nSPS) is 23.5. The van der Waals surface area contributed by atoms with E-state index in [1.54, 1.807) is 42.5 Å². The topological polar surface area (TPSA) is 76.0 Å². The molecule has 1 aliphatic rings. The number of carbonyl (C=O) groups excluding carboxylic acids is 1. The lowest BCUT2D eigenvalue weighted by Gasteiger charge is -2.31. The highest BCUT2D eigenvalue weighted by Gasteiger charge is 2.36. The fourth-order valence-electron chi connectivity index (χ4n) is 3.24. The van der Waals surface area contributed by atoms with Crippen LogP contribution in [0.2, 0.25) is 5.02 Å². The number of ketones is 1. The third-order valence-electron chi connectivity index (χ3n) is 4.73. The van der Waals surface area contributed by atoms with Gasteiger partial charge in [-0.05, 0) is 42.3 Å². The molecule has 0 spiro atoms. The van der Waals surface area contributed by atoms with Crippen LogP contribution in [0.3, 0.4) is 0 Å². The van der Waals surface area contributed by atoms with Crippen molar-refractivity contribution < 1.29 is 28.9 Å². The molecule has 0 aromatic heterocycles. The van der Waals surface area contributed by atoms with Gasteiger partial charge >= 0.3 is 0 Å². The first-order valence-corrected chi connectivity index (χ1v) is 9.46. The third kappa shape index (κ3) is 4.36. The number of Topliss-reactive ketones (excluding diaryl/α,β-unsaturated/α-hetero) is 1. The lowest BCUT2D eigenvalue weighted by molar-refractivity contribution is -0.161. The highest BCUT2D eigenvalue weighted by atomic mass is 35.5. The van der Waals surface area contributed by atoms with Crippen molar-refractivity contribution in [1.29, 1.82) is 0 Å². The molecule has 7 heteroatoms. The van der Waals surface area contributed by atoms with Gasteiger partial charge in [0.05, 0.1) is 19.3 Å². The first-order valence-electron chi connectivity index (χ1n) is 9.08. The maximum absolute atomic E-state index is 15.2. The summed E-state index contributed by atoms with van der Waals surface area (Å²) in [5.74, 6) is 0.105. The van der Waals surface area contributed by atoms with Crippen molar-refractivity contribution >= 4 is 17.4 Å². The largest absolute Gasteiger partial charge is 0.494 e. The number of rotatable bonds is 6. The van der Waals surface area contributed by atoms with E-state index in [0.29, 0.717) is 23.5 Å². The molecule has 1 fully saturated rings. The highest BCUT2D eigenvalue weighted by molar-refractivity contribution is 6.31. The molecule has 28 heavy (non-hydrogen) atoms. The van der Waals surface area contributed by atoms with Gasteiger partial charge in [0.1, 0.15) is 18.0 Å². The molecule has 2 aromatic carbocycles. The molecule has 0 radical (unpaired) electrons. The molecule has 1 aliphatic heterocycles. The number of halogens is 2. The minimum absolute atomic E-state index is 0.0381. The summed E-state index contributed by atoms with van der Waals surface area (Å²) in [5, 5.41) is 19.5. The minimum atomic E-state index is -1.47. The van der Waals surface area contributed by atoms with Crippen LogP contribution in [0.25, 0.3) is 0 Å². The van der Waals surface area contributed by atoms with Crippen LogP contribution in [0.4, 0.5) is 4.39 Å². The fourth-order valence-corrected chi connectivity index (χ4v) is 3.45. The Morgan fingerprint density at radius 3 is 2.64 bits per heavy atom. The van der Waals surface area contributed by atoms with Crippen molar-refractivity contribution in [2.75, 3.05) is 13.2 Å². The third-order valence-corrected chi connectivity index (χ3v) is 5.07. The summed E-state index contributed by atoms with van der Waals surface area (Å²) >= 11 is 6.22. The lowest BCUT2D eigenvalue weighted by Crippen LogP contribution is -2.43. The summed E-state index contributed by atoms with van der Waals surface area (Å²) in [4.78, 5) is 11.8. The predicted molar refractivity (Wildman–Crippen MR) is 102 cm³/mol. The highest BCUT2D eigenvalue weighted by Crippen LogP contribution is 2.37. The van der Waals surface area contributed by atoms with Crippen LogP contribution in [0.5, 0.6) is 5.75 Å². The maximum Gasteiger partial charge on any atom is 0.192 e. The molecule has 1 heterocycles. The van der Waals surface area contributed by atoms with Crippen LogP contribution in [-0.4, -0.2) is 41.4 Å². The Balaban J connectivity index is 1.85. The molecule has 4 atom stereocenters. The van der Waals surface area contributed by atoms with Crippen LogP contribution in [0.1, 0.15) is 42.3 Å². The van der Waals surface area contributed by atoms with Crippen molar-refractivity contribution in [2.24, 2.45) is 0 Å². The molecule has 4 unspecified atom stereocenters. The Labute approximate surface area is 167 Å². The van der Waals surface area contributed by atoms with Crippen LogP contribution in [-0.2, 0) is 9.53 Å². The molecule has 0 bridgehead atoms. The molecule has 2 N–H and O–H groups in total. The van der Waals surface area contributed by atoms with Gasteiger partial charge in [-0.15, -0.1) is 0 Å². The molecule has 0 amide bonds. The van der Waals surface area contributed by atoms with Gasteiger partial charge in [-0.1, -0.05) is 29.8 Å². The predicted octanol–water partition coefficient (Wildman–Crippen LogP) is 3.55. The molecule has 2 aromatic rings. The number of ether oxygens (including phenoxy) is 2. The SMILES string of the molecule is CCOc1ccc(C(F)c2cc(C3CC(O)C(=O)C(CO)O3)ccc2Cl)cc1. The Bertz CT molecular complexity index is 826. The van der Waals surface area contributed by atoms with E-state index in [1.807, 2.05) is 6.92 Å². The zero-order valence-electron chi connectivity index (χ0n) is 15.3. The standard InChI is InChI=1S/C21H22ClFO5/c1-2-27-14-6-3-12(4-7-14)20(23)15-9-13(5-8-16(15)22)18-10-17(25)21(26)19(11-24)28-18/h3-9,17-20,24-25H,2,10-11H2,1H3. The summed E-state index contributed by atoms with van der Waals surface area (Å²) in [6.07, 6.45) is -4.40. The first kappa shape index (κ1) is 20.7. The van der Waals surface area contributed by atoms with Crippen molar-refractivity contribution in [3.8, 4) is 5.75 Å². The molecule has 3 rings (SSSR count). The molecule has 5 nitrogen and oxygen atoms in total. The second kappa shape index (κ2) is 9.01. The van der Waals surface area contributed by atoms with E-state index in [4.69, 9.17) is 21.1 Å². The van der Waals surface area contributed by atoms with Gasteiger partial charge in [-0.3, -0.25) is 4.79 Å². The van der Waals surface area contributed by atoms with E-state index in [9.17, 15) is 15.0 Å². The van der Waals surface area contributed by atoms with Crippen LogP contribution in [0.15, 0.2) is 42.5 Å². The second-order valence-corrected chi connectivity index (χ2v) is 7.00. The van der Waals surface area contributed by atoms with Gasteiger partial charge in [0.25, 0.3) is 0 Å². The van der Waals surface area contributed by atoms with Crippen LogP contribution >= 0.6 is 11.6 Å². The Hall–Kier alpha value is -1.99. The van der Waals surface area contributed by atoms with E-state index in [2.05, 4.69) is 0 Å². The number of hydrogen-bond donors (Lipinski definition) is 2. The number of carbonyl (C=O) groups is 1. The van der Waals surface area contributed by atoms with E-state index >= 15 is 4.39 Å². The minimum Gasteiger partial charge on any atom is -0.494 e. The van der Waals surface area contributed by atoms with Crippen molar-refractivity contribution in [1.82, 2.24) is 0 Å². The van der Waals surface area contributed by atoms with Gasteiger partial charge < -0.3 is 19.7 Å². The van der Waals surface area contributed by atoms with E-state index < -0.39 is 36.9 Å². The average Bonchev–Trinajstić information content (AvgIpc) is 2.70. The van der Waals surface area contributed by atoms with E-state index in [1.165, 1.54) is 0 Å². The zero-order chi connectivity index (χ0) is 20.3. The van der Waals surface area contributed by atoms with Crippen LogP contribution in [0, 0.1) is 0 Å². The summed E-state index contributed by atoms with van der Waals surface area (Å²) < 4.78 is 26.1. The second-order valence-electron chi connectivity index (χ2n) is 6.60. The van der Waals surface area contributed by atoms with Gasteiger partial charge in [-0.2, -0.15) is 0 Å². The van der Waals surface area contributed by atoms with Crippen molar-refractivity contribution in [3.63, 3.8) is 0 Å². The zero-order valence-corrected chi connectivity index (χ0v) is 16.1. The molecule has 0 saturated carbocycles. The smallest absolute Gasteiger partial charge is 0.192 e. The van der Waals surface area contributed by atoms with Gasteiger partial charge in [0.2, 0.25) is 0 Å². The summed E-state index contributed by atoms with van der Waals surface area (Å²) in [5.41, 5.74) is 1.27. The van der Waals surface area contributed by atoms with Crippen molar-refractivity contribution in [2.45, 2.75) is 37.8 Å². The Kier molecular flexibility index (Phi) is 6.67. The number of aliphatic hydroxyl groups excluding tert-OH is 2. The maximum atomic E-state index is 15.2.